The maximum absolute atomic E-state index is 14.4. The Morgan fingerprint density at radius 1 is 1.05 bits per heavy atom. The zero-order valence-electron chi connectivity index (χ0n) is 24.7. The lowest BCUT2D eigenvalue weighted by Gasteiger charge is -2.22. The number of benzene rings is 2. The van der Waals surface area contributed by atoms with Gasteiger partial charge in [-0.05, 0) is 51.0 Å². The van der Waals surface area contributed by atoms with Crippen LogP contribution in [0.2, 0.25) is 0 Å². The van der Waals surface area contributed by atoms with Gasteiger partial charge in [0.05, 0.1) is 19.9 Å². The van der Waals surface area contributed by atoms with Crippen molar-refractivity contribution < 1.29 is 41.4 Å². The predicted molar refractivity (Wildman–Crippen MR) is 150 cm³/mol. The number of likely N-dealkylation sites (tertiary alicyclic amines) is 1. The molecule has 43 heavy (non-hydrogen) atoms. The van der Waals surface area contributed by atoms with Crippen LogP contribution >= 0.6 is 0 Å². The Bertz CT molecular complexity index is 1500. The first-order chi connectivity index (χ1) is 20.1. The standard InChI is InChI=1S/C30H34F4N4O5/c1-17-20(16-37(28(17)40)15-18-7-8-22(41-5)13-25(18)42-6)11-27(39)35-26-14-24(38(36-26)30(32,33)34)19-9-21(31)12-23(10-19)43-29(2,3)4/h7-10,12-14,17,20H,11,15-16H2,1-6H3,(H,35,36,39)/t17-,20+/m1/s1. The molecule has 1 aliphatic rings. The molecule has 2 atom stereocenters. The van der Waals surface area contributed by atoms with Crippen molar-refractivity contribution >= 4 is 17.6 Å². The highest BCUT2D eigenvalue weighted by molar-refractivity contribution is 5.91. The molecule has 0 bridgehead atoms. The molecule has 0 aliphatic carbocycles. The fourth-order valence-electron chi connectivity index (χ4n) is 4.99. The molecule has 1 saturated heterocycles. The summed E-state index contributed by atoms with van der Waals surface area (Å²) >= 11 is 0. The molecule has 3 aromatic rings. The number of halogens is 4. The summed E-state index contributed by atoms with van der Waals surface area (Å²) in [6.45, 7) is 7.40. The lowest BCUT2D eigenvalue weighted by atomic mass is 9.94. The molecule has 2 amide bonds. The van der Waals surface area contributed by atoms with E-state index in [1.54, 1.807) is 50.8 Å². The largest absolute Gasteiger partial charge is 0.505 e. The van der Waals surface area contributed by atoms with Crippen molar-refractivity contribution in [2.24, 2.45) is 11.8 Å². The van der Waals surface area contributed by atoms with Crippen molar-refractivity contribution in [2.45, 2.75) is 52.6 Å². The van der Waals surface area contributed by atoms with Crippen molar-refractivity contribution in [3.8, 4) is 28.5 Å². The van der Waals surface area contributed by atoms with Gasteiger partial charge in [0.1, 0.15) is 28.7 Å². The summed E-state index contributed by atoms with van der Waals surface area (Å²) in [4.78, 5) is 27.5. The Labute approximate surface area is 246 Å². The lowest BCUT2D eigenvalue weighted by Crippen LogP contribution is -2.26. The van der Waals surface area contributed by atoms with E-state index in [2.05, 4.69) is 10.4 Å². The van der Waals surface area contributed by atoms with Crippen LogP contribution in [0.15, 0.2) is 42.5 Å². The number of nitrogens with one attached hydrogen (secondary N) is 1. The number of hydrogen-bond donors (Lipinski definition) is 1. The maximum Gasteiger partial charge on any atom is 0.505 e. The molecule has 1 aliphatic heterocycles. The molecule has 1 aromatic heterocycles. The van der Waals surface area contributed by atoms with E-state index in [-0.39, 0.29) is 53.1 Å². The van der Waals surface area contributed by atoms with E-state index in [1.165, 1.54) is 20.3 Å². The fourth-order valence-corrected chi connectivity index (χ4v) is 4.99. The average molecular weight is 607 g/mol. The van der Waals surface area contributed by atoms with Gasteiger partial charge in [0, 0.05) is 54.8 Å². The number of alkyl halides is 3. The first-order valence-corrected chi connectivity index (χ1v) is 13.5. The van der Waals surface area contributed by atoms with E-state index in [0.29, 0.717) is 11.5 Å². The lowest BCUT2D eigenvalue weighted by molar-refractivity contribution is -0.210. The van der Waals surface area contributed by atoms with Crippen molar-refractivity contribution in [3.05, 3.63) is 53.8 Å². The van der Waals surface area contributed by atoms with E-state index in [9.17, 15) is 27.2 Å². The van der Waals surface area contributed by atoms with Crippen LogP contribution in [0.1, 0.15) is 39.7 Å². The second-order valence-electron chi connectivity index (χ2n) is 11.4. The van der Waals surface area contributed by atoms with Crippen molar-refractivity contribution in [1.29, 1.82) is 0 Å². The topological polar surface area (TPSA) is 94.9 Å². The summed E-state index contributed by atoms with van der Waals surface area (Å²) in [6.07, 6.45) is -5.08. The number of methoxy groups -OCH3 is 2. The van der Waals surface area contributed by atoms with Crippen LogP contribution in [0.4, 0.5) is 23.4 Å². The Morgan fingerprint density at radius 3 is 2.40 bits per heavy atom. The van der Waals surface area contributed by atoms with Crippen LogP contribution in [-0.4, -0.2) is 52.9 Å². The van der Waals surface area contributed by atoms with Crippen molar-refractivity contribution in [3.63, 3.8) is 0 Å². The van der Waals surface area contributed by atoms with Gasteiger partial charge in [0.25, 0.3) is 0 Å². The highest BCUT2D eigenvalue weighted by Gasteiger charge is 2.39. The first-order valence-electron chi connectivity index (χ1n) is 13.5. The van der Waals surface area contributed by atoms with E-state index in [0.717, 1.165) is 23.8 Å². The smallest absolute Gasteiger partial charge is 0.497 e. The minimum Gasteiger partial charge on any atom is -0.497 e. The molecule has 9 nitrogen and oxygen atoms in total. The third-order valence-electron chi connectivity index (χ3n) is 6.97. The number of carbonyl (C=O) groups excluding carboxylic acids is 2. The Morgan fingerprint density at radius 2 is 1.77 bits per heavy atom. The van der Waals surface area contributed by atoms with Gasteiger partial charge in [-0.1, -0.05) is 6.92 Å². The van der Waals surface area contributed by atoms with Gasteiger partial charge in [0.2, 0.25) is 11.8 Å². The second-order valence-corrected chi connectivity index (χ2v) is 11.4. The van der Waals surface area contributed by atoms with Crippen LogP contribution < -0.4 is 19.5 Å². The number of amides is 2. The summed E-state index contributed by atoms with van der Waals surface area (Å²) in [5.74, 6) is -1.61. The van der Waals surface area contributed by atoms with Gasteiger partial charge in [-0.3, -0.25) is 9.59 Å². The molecule has 13 heteroatoms. The molecule has 2 heterocycles. The van der Waals surface area contributed by atoms with Crippen LogP contribution in [-0.2, 0) is 22.4 Å². The van der Waals surface area contributed by atoms with Gasteiger partial charge in [0.15, 0.2) is 5.82 Å². The molecular formula is C30H34F4N4O5. The Balaban J connectivity index is 1.50. The third kappa shape index (κ3) is 7.57. The summed E-state index contributed by atoms with van der Waals surface area (Å²) in [7, 11) is 3.04. The molecule has 0 unspecified atom stereocenters. The quantitative estimate of drug-likeness (QED) is 0.301. The highest BCUT2D eigenvalue weighted by atomic mass is 19.4. The molecule has 0 radical (unpaired) electrons. The fraction of sp³-hybridized carbons (Fsp3) is 0.433. The van der Waals surface area contributed by atoms with Gasteiger partial charge >= 0.3 is 6.30 Å². The van der Waals surface area contributed by atoms with Crippen LogP contribution in [0.3, 0.4) is 0 Å². The SMILES string of the molecule is COc1ccc(CN2C[C@H](CC(=O)Nc3cc(-c4cc(F)cc(OC(C)(C)C)c4)n(C(F)(F)F)n3)[C@@H](C)C2=O)c(OC)c1. The van der Waals surface area contributed by atoms with E-state index >= 15 is 0 Å². The van der Waals surface area contributed by atoms with Crippen LogP contribution in [0.5, 0.6) is 17.2 Å². The van der Waals surface area contributed by atoms with Gasteiger partial charge in [-0.15, -0.1) is 18.3 Å². The minimum atomic E-state index is -4.95. The molecule has 1 fully saturated rings. The molecule has 0 spiro atoms. The first kappa shape index (κ1) is 31.6. The second kappa shape index (κ2) is 12.1. The summed E-state index contributed by atoms with van der Waals surface area (Å²) in [5.41, 5.74) is -0.578. The van der Waals surface area contributed by atoms with Gasteiger partial charge in [-0.2, -0.15) is 4.68 Å². The van der Waals surface area contributed by atoms with Gasteiger partial charge < -0.3 is 24.4 Å². The highest BCUT2D eigenvalue weighted by Crippen LogP contribution is 2.36. The number of hydrogen-bond acceptors (Lipinski definition) is 6. The number of aromatic nitrogens is 2. The number of carbonyl (C=O) groups is 2. The van der Waals surface area contributed by atoms with E-state index in [4.69, 9.17) is 14.2 Å². The number of ether oxygens (including phenoxy) is 3. The number of rotatable bonds is 9. The van der Waals surface area contributed by atoms with Crippen molar-refractivity contribution in [1.82, 2.24) is 14.7 Å². The number of anilines is 1. The maximum atomic E-state index is 14.4. The number of nitrogens with zero attached hydrogens (tertiary/aromatic N) is 3. The summed E-state index contributed by atoms with van der Waals surface area (Å²) in [6, 6.07) is 9.55. The van der Waals surface area contributed by atoms with E-state index < -0.39 is 35.2 Å². The Kier molecular flexibility index (Phi) is 8.93. The van der Waals surface area contributed by atoms with Crippen LogP contribution in [0, 0.1) is 17.7 Å². The van der Waals surface area contributed by atoms with Gasteiger partial charge in [-0.25, -0.2) is 4.39 Å². The molecule has 1 N–H and O–H groups in total. The molecule has 232 valence electrons. The minimum absolute atomic E-state index is 0.0414. The predicted octanol–water partition coefficient (Wildman–Crippen LogP) is 5.98. The molecule has 2 aromatic carbocycles. The molecular weight excluding hydrogens is 572 g/mol. The van der Waals surface area contributed by atoms with E-state index in [1.807, 2.05) is 0 Å². The summed E-state index contributed by atoms with van der Waals surface area (Å²) < 4.78 is 72.1. The summed E-state index contributed by atoms with van der Waals surface area (Å²) in [5, 5.41) is 5.95. The van der Waals surface area contributed by atoms with Crippen molar-refractivity contribution in [2.75, 3.05) is 26.1 Å². The monoisotopic (exact) mass is 606 g/mol. The molecule has 0 saturated carbocycles. The zero-order chi connectivity index (χ0) is 31.7. The molecule has 4 rings (SSSR count). The normalized spacial score (nSPS) is 17.3. The third-order valence-corrected chi connectivity index (χ3v) is 6.97. The zero-order valence-corrected chi connectivity index (χ0v) is 24.7. The average Bonchev–Trinajstić information content (AvgIpc) is 3.44. The van der Waals surface area contributed by atoms with Crippen LogP contribution in [0.25, 0.3) is 11.3 Å². The Hall–Kier alpha value is -4.29.